The van der Waals surface area contributed by atoms with Gasteiger partial charge in [0.15, 0.2) is 15.9 Å². The molecule has 33 heavy (non-hydrogen) atoms. The van der Waals surface area contributed by atoms with Gasteiger partial charge in [-0.15, -0.1) is 21.5 Å². The first-order valence-electron chi connectivity index (χ1n) is 10.7. The van der Waals surface area contributed by atoms with Crippen molar-refractivity contribution >= 4 is 67.3 Å². The first-order valence-corrected chi connectivity index (χ1v) is 13.3. The Labute approximate surface area is 202 Å². The van der Waals surface area contributed by atoms with Crippen molar-refractivity contribution in [3.05, 3.63) is 27.3 Å². The van der Waals surface area contributed by atoms with Crippen molar-refractivity contribution in [2.24, 2.45) is 5.92 Å². The van der Waals surface area contributed by atoms with E-state index in [2.05, 4.69) is 32.4 Å². The summed E-state index contributed by atoms with van der Waals surface area (Å²) in [4.78, 5) is 36.2. The monoisotopic (exact) mass is 502 g/mol. The number of thioether (sulfide) groups is 1. The molecule has 12 heteroatoms. The summed E-state index contributed by atoms with van der Waals surface area (Å²) >= 11 is 4.15. The van der Waals surface area contributed by atoms with Gasteiger partial charge in [0, 0.05) is 4.88 Å². The van der Waals surface area contributed by atoms with Crippen LogP contribution < -0.4 is 5.32 Å². The molecule has 5 rings (SSSR count). The Morgan fingerprint density at radius 3 is 3.00 bits per heavy atom. The van der Waals surface area contributed by atoms with Gasteiger partial charge in [-0.05, 0) is 44.6 Å². The van der Waals surface area contributed by atoms with E-state index in [1.165, 1.54) is 28.6 Å². The number of ether oxygens (including phenoxy) is 1. The number of esters is 1. The number of thiazole rings is 1. The highest BCUT2D eigenvalue weighted by Crippen LogP contribution is 2.39. The highest BCUT2D eigenvalue weighted by Gasteiger charge is 2.24. The molecule has 4 aromatic rings. The van der Waals surface area contributed by atoms with Crippen molar-refractivity contribution in [1.82, 2.24) is 24.6 Å². The number of carbonyl (C=O) groups is 2. The Bertz CT molecular complexity index is 1370. The zero-order chi connectivity index (χ0) is 23.1. The van der Waals surface area contributed by atoms with Gasteiger partial charge >= 0.3 is 5.97 Å². The maximum Gasteiger partial charge on any atom is 0.350 e. The molecule has 0 unspecified atom stereocenters. The normalized spacial score (nSPS) is 15.7. The predicted molar refractivity (Wildman–Crippen MR) is 130 cm³/mol. The SMILES string of the molecule is CCOC(=O)c1sc(NC(=O)CSc2nnc3c4c5c(sc4ncn23)C[C@H](C)CC5)nc1C. The number of nitrogens with one attached hydrogen (secondary N) is 1. The molecule has 0 radical (unpaired) electrons. The molecular formula is C21H22N6O3S3. The lowest BCUT2D eigenvalue weighted by Gasteiger charge is -2.17. The summed E-state index contributed by atoms with van der Waals surface area (Å²) < 4.78 is 6.88. The number of carbonyl (C=O) groups excluding carboxylic acids is 2. The minimum atomic E-state index is -0.429. The molecule has 1 atom stereocenters. The van der Waals surface area contributed by atoms with E-state index in [1.807, 2.05) is 4.40 Å². The van der Waals surface area contributed by atoms with Gasteiger partial charge in [0.05, 0.1) is 23.4 Å². The molecule has 0 aromatic carbocycles. The summed E-state index contributed by atoms with van der Waals surface area (Å²) in [6.45, 7) is 6.04. The van der Waals surface area contributed by atoms with E-state index in [4.69, 9.17) is 4.74 Å². The third kappa shape index (κ3) is 4.22. The molecule has 4 heterocycles. The number of anilines is 1. The number of rotatable bonds is 6. The second kappa shape index (κ2) is 8.99. The van der Waals surface area contributed by atoms with Gasteiger partial charge in [-0.1, -0.05) is 30.0 Å². The van der Waals surface area contributed by atoms with Gasteiger partial charge in [0.25, 0.3) is 0 Å². The van der Waals surface area contributed by atoms with Crippen molar-refractivity contribution in [3.63, 3.8) is 0 Å². The average molecular weight is 503 g/mol. The molecule has 0 saturated carbocycles. The number of fused-ring (bicyclic) bond motifs is 5. The van der Waals surface area contributed by atoms with Crippen LogP contribution in [0.25, 0.3) is 15.9 Å². The second-order valence-electron chi connectivity index (χ2n) is 7.94. The largest absolute Gasteiger partial charge is 0.462 e. The van der Waals surface area contributed by atoms with Gasteiger partial charge < -0.3 is 10.1 Å². The van der Waals surface area contributed by atoms with Crippen LogP contribution in [0.2, 0.25) is 0 Å². The van der Waals surface area contributed by atoms with E-state index < -0.39 is 5.97 Å². The zero-order valence-corrected chi connectivity index (χ0v) is 20.8. The van der Waals surface area contributed by atoms with E-state index in [0.717, 1.165) is 40.0 Å². The molecule has 1 amide bonds. The molecule has 4 aromatic heterocycles. The third-order valence-electron chi connectivity index (χ3n) is 5.51. The fourth-order valence-corrected chi connectivity index (χ4v) is 6.86. The van der Waals surface area contributed by atoms with E-state index >= 15 is 0 Å². The third-order valence-corrected chi connectivity index (χ3v) is 8.67. The van der Waals surface area contributed by atoms with Gasteiger partial charge in [-0.2, -0.15) is 0 Å². The molecule has 9 nitrogen and oxygen atoms in total. The van der Waals surface area contributed by atoms with Gasteiger partial charge in [-0.3, -0.25) is 9.20 Å². The van der Waals surface area contributed by atoms with Crippen LogP contribution in [-0.2, 0) is 22.4 Å². The summed E-state index contributed by atoms with van der Waals surface area (Å²) in [7, 11) is 0. The summed E-state index contributed by atoms with van der Waals surface area (Å²) in [6.07, 6.45) is 5.03. The molecule has 1 N–H and O–H groups in total. The molecular weight excluding hydrogens is 480 g/mol. The Balaban J connectivity index is 1.31. The van der Waals surface area contributed by atoms with Crippen LogP contribution in [-0.4, -0.2) is 48.8 Å². The van der Waals surface area contributed by atoms with Gasteiger partial charge in [0.2, 0.25) is 5.91 Å². The minimum absolute atomic E-state index is 0.130. The number of aryl methyl sites for hydroxylation is 2. The number of aromatic nitrogens is 5. The van der Waals surface area contributed by atoms with Crippen LogP contribution in [0.4, 0.5) is 5.13 Å². The number of amides is 1. The summed E-state index contributed by atoms with van der Waals surface area (Å²) in [5.74, 6) is 0.156. The smallest absolute Gasteiger partial charge is 0.350 e. The van der Waals surface area contributed by atoms with Crippen molar-refractivity contribution in [2.45, 2.75) is 45.2 Å². The van der Waals surface area contributed by atoms with Crippen LogP contribution in [0.3, 0.4) is 0 Å². The second-order valence-corrected chi connectivity index (χ2v) is 11.0. The summed E-state index contributed by atoms with van der Waals surface area (Å²) in [5.41, 5.74) is 2.68. The first kappa shape index (κ1) is 22.2. The lowest BCUT2D eigenvalue weighted by molar-refractivity contribution is -0.113. The average Bonchev–Trinajstić information content (AvgIpc) is 3.46. The topological polar surface area (TPSA) is 111 Å². The van der Waals surface area contributed by atoms with Crippen LogP contribution in [0.15, 0.2) is 11.5 Å². The van der Waals surface area contributed by atoms with E-state index in [0.29, 0.717) is 26.8 Å². The predicted octanol–water partition coefficient (Wildman–Crippen LogP) is 4.14. The Kier molecular flexibility index (Phi) is 6.06. The summed E-state index contributed by atoms with van der Waals surface area (Å²) in [6, 6.07) is 0. The maximum absolute atomic E-state index is 12.5. The molecule has 1 aliphatic carbocycles. The maximum atomic E-state index is 12.5. The van der Waals surface area contributed by atoms with Crippen molar-refractivity contribution < 1.29 is 14.3 Å². The Morgan fingerprint density at radius 2 is 2.18 bits per heavy atom. The Morgan fingerprint density at radius 1 is 1.33 bits per heavy atom. The first-order chi connectivity index (χ1) is 15.9. The van der Waals surface area contributed by atoms with E-state index in [9.17, 15) is 9.59 Å². The fraction of sp³-hybridized carbons (Fsp3) is 0.429. The molecule has 0 fully saturated rings. The molecule has 172 valence electrons. The standard InChI is InChI=1S/C21H22N6O3S3/c1-4-30-19(29)16-11(3)23-20(33-16)24-14(28)8-31-21-26-25-17-15-12-6-5-10(2)7-13(12)32-18(15)22-9-27(17)21/h9-10H,4-8H2,1-3H3,(H,23,24,28)/t10-/m1/s1. The van der Waals surface area contributed by atoms with Crippen LogP contribution in [0, 0.1) is 12.8 Å². The number of thiophene rings is 1. The number of nitrogens with zero attached hydrogens (tertiary/aromatic N) is 5. The molecule has 0 aliphatic heterocycles. The number of hydrogen-bond donors (Lipinski definition) is 1. The molecule has 0 spiro atoms. The highest BCUT2D eigenvalue weighted by molar-refractivity contribution is 7.99. The van der Waals surface area contributed by atoms with Crippen LogP contribution >= 0.6 is 34.4 Å². The lowest BCUT2D eigenvalue weighted by Crippen LogP contribution is -2.14. The number of hydrogen-bond acceptors (Lipinski definition) is 10. The van der Waals surface area contributed by atoms with Crippen molar-refractivity contribution in [1.29, 1.82) is 0 Å². The zero-order valence-electron chi connectivity index (χ0n) is 18.4. The van der Waals surface area contributed by atoms with Gasteiger partial charge in [0.1, 0.15) is 16.0 Å². The Hall–Kier alpha value is -2.57. The minimum Gasteiger partial charge on any atom is -0.462 e. The van der Waals surface area contributed by atoms with E-state index in [1.54, 1.807) is 31.5 Å². The quantitative estimate of drug-likeness (QED) is 0.309. The van der Waals surface area contributed by atoms with Crippen LogP contribution in [0.1, 0.15) is 46.1 Å². The van der Waals surface area contributed by atoms with Gasteiger partial charge in [-0.25, -0.2) is 14.8 Å². The van der Waals surface area contributed by atoms with Crippen molar-refractivity contribution in [2.75, 3.05) is 17.7 Å². The van der Waals surface area contributed by atoms with Crippen molar-refractivity contribution in [3.8, 4) is 0 Å². The highest BCUT2D eigenvalue weighted by atomic mass is 32.2. The van der Waals surface area contributed by atoms with Crippen LogP contribution in [0.5, 0.6) is 0 Å². The molecule has 1 aliphatic rings. The lowest BCUT2D eigenvalue weighted by atomic mass is 9.89. The fourth-order valence-electron chi connectivity index (χ4n) is 3.94. The molecule has 0 bridgehead atoms. The summed E-state index contributed by atoms with van der Waals surface area (Å²) in [5, 5.41) is 13.6. The van der Waals surface area contributed by atoms with E-state index in [-0.39, 0.29) is 18.3 Å². The molecule has 0 saturated heterocycles.